The fraction of sp³-hybridized carbons (Fsp3) is 0.500. The average molecular weight is 569 g/mol. The number of pyridine rings is 1. The maximum absolute atomic E-state index is 13.9. The monoisotopic (exact) mass is 568 g/mol. The molecule has 11 nitrogen and oxygen atoms in total. The number of urea groups is 1. The van der Waals surface area contributed by atoms with E-state index in [2.05, 4.69) is 25.6 Å². The Morgan fingerprint density at radius 3 is 2.48 bits per heavy atom. The number of hydrogen-bond acceptors (Lipinski definition) is 9. The van der Waals surface area contributed by atoms with Crippen LogP contribution in [-0.4, -0.2) is 75.1 Å². The highest BCUT2D eigenvalue weighted by atomic mass is 32.1. The predicted octanol–water partition coefficient (Wildman–Crippen LogP) is 3.79. The lowest BCUT2D eigenvalue weighted by Crippen LogP contribution is -2.60. The minimum atomic E-state index is -0.904. The summed E-state index contributed by atoms with van der Waals surface area (Å²) < 4.78 is 11.4. The molecule has 1 saturated heterocycles. The molecule has 40 heavy (non-hydrogen) atoms. The molecule has 0 spiro atoms. The van der Waals surface area contributed by atoms with Crippen molar-refractivity contribution >= 4 is 39.5 Å². The number of fused-ring (bicyclic) bond motifs is 1. The van der Waals surface area contributed by atoms with E-state index in [0.29, 0.717) is 17.4 Å². The van der Waals surface area contributed by atoms with Gasteiger partial charge in [-0.3, -0.25) is 9.78 Å². The summed E-state index contributed by atoms with van der Waals surface area (Å²) >= 11 is 1.46. The van der Waals surface area contributed by atoms with Gasteiger partial charge in [0.05, 0.1) is 19.0 Å². The highest BCUT2D eigenvalue weighted by Gasteiger charge is 2.46. The molecule has 0 aliphatic carbocycles. The molecule has 4 rings (SSSR count). The van der Waals surface area contributed by atoms with Gasteiger partial charge in [0, 0.05) is 18.2 Å². The lowest BCUT2D eigenvalue weighted by Gasteiger charge is -2.35. The third kappa shape index (κ3) is 6.67. The van der Waals surface area contributed by atoms with Crippen molar-refractivity contribution in [3.05, 3.63) is 35.8 Å². The molecule has 12 heteroatoms. The van der Waals surface area contributed by atoms with Crippen LogP contribution in [0.3, 0.4) is 0 Å². The molecule has 0 bridgehead atoms. The minimum absolute atomic E-state index is 0.113. The van der Waals surface area contributed by atoms with Crippen LogP contribution in [0.1, 0.15) is 48.0 Å². The van der Waals surface area contributed by atoms with E-state index in [4.69, 9.17) is 9.47 Å². The molecule has 1 aliphatic rings. The van der Waals surface area contributed by atoms with Crippen molar-refractivity contribution < 1.29 is 23.9 Å². The average Bonchev–Trinajstić information content (AvgIpc) is 3.53. The van der Waals surface area contributed by atoms with Crippen LogP contribution in [0.15, 0.2) is 35.8 Å². The Bertz CT molecular complexity index is 1380. The van der Waals surface area contributed by atoms with E-state index >= 15 is 0 Å². The highest BCUT2D eigenvalue weighted by molar-refractivity contribution is 7.16. The van der Waals surface area contributed by atoms with Crippen molar-refractivity contribution in [3.63, 3.8) is 0 Å². The second kappa shape index (κ2) is 11.4. The number of aromatic nitrogens is 3. The first kappa shape index (κ1) is 29.2. The zero-order valence-electron chi connectivity index (χ0n) is 23.8. The summed E-state index contributed by atoms with van der Waals surface area (Å²) in [5, 5.41) is 8.28. The Hall–Kier alpha value is -3.80. The van der Waals surface area contributed by atoms with Gasteiger partial charge in [-0.25, -0.2) is 14.6 Å². The predicted molar refractivity (Wildman–Crippen MR) is 152 cm³/mol. The van der Waals surface area contributed by atoms with Gasteiger partial charge < -0.3 is 25.0 Å². The second-order valence-electron chi connectivity index (χ2n) is 11.9. The van der Waals surface area contributed by atoms with Gasteiger partial charge in [-0.1, -0.05) is 26.8 Å². The Kier molecular flexibility index (Phi) is 8.29. The Morgan fingerprint density at radius 2 is 1.85 bits per heavy atom. The van der Waals surface area contributed by atoms with Crippen LogP contribution in [0.25, 0.3) is 21.7 Å². The number of thiophene rings is 1. The van der Waals surface area contributed by atoms with Gasteiger partial charge in [0.2, 0.25) is 11.8 Å². The summed E-state index contributed by atoms with van der Waals surface area (Å²) in [7, 11) is 1.29. The van der Waals surface area contributed by atoms with E-state index in [1.165, 1.54) is 23.3 Å². The van der Waals surface area contributed by atoms with Crippen LogP contribution in [0, 0.1) is 5.41 Å². The lowest BCUT2D eigenvalue weighted by atomic mass is 9.85. The second-order valence-corrected chi connectivity index (χ2v) is 12.8. The van der Waals surface area contributed by atoms with Crippen LogP contribution >= 0.6 is 11.3 Å². The third-order valence-electron chi connectivity index (χ3n) is 6.36. The minimum Gasteiger partial charge on any atom is -0.472 e. The molecule has 3 aromatic heterocycles. The fourth-order valence-electron chi connectivity index (χ4n) is 4.49. The van der Waals surface area contributed by atoms with Crippen molar-refractivity contribution in [1.29, 1.82) is 0 Å². The molecular formula is C28H36N6O5S. The normalized spacial score (nSPS) is 18.3. The summed E-state index contributed by atoms with van der Waals surface area (Å²) in [5.41, 5.74) is -0.528. The quantitative estimate of drug-likeness (QED) is 0.429. The smallest absolute Gasteiger partial charge is 0.328 e. The summed E-state index contributed by atoms with van der Waals surface area (Å²) in [6.45, 7) is 11.3. The number of carbonyl (C=O) groups is 3. The molecule has 0 aromatic carbocycles. The van der Waals surface area contributed by atoms with Crippen molar-refractivity contribution in [1.82, 2.24) is 30.5 Å². The Morgan fingerprint density at radius 1 is 1.10 bits per heavy atom. The third-order valence-corrected chi connectivity index (χ3v) is 7.16. The molecular weight excluding hydrogens is 532 g/mol. The first-order valence-corrected chi connectivity index (χ1v) is 13.9. The van der Waals surface area contributed by atoms with Gasteiger partial charge in [-0.15, -0.1) is 11.3 Å². The van der Waals surface area contributed by atoms with Gasteiger partial charge in [0.15, 0.2) is 5.82 Å². The van der Waals surface area contributed by atoms with Crippen LogP contribution in [-0.2, 0) is 14.3 Å². The zero-order chi connectivity index (χ0) is 29.2. The molecule has 1 fully saturated rings. The lowest BCUT2D eigenvalue weighted by molar-refractivity contribution is -0.152. The van der Waals surface area contributed by atoms with Crippen molar-refractivity contribution in [2.75, 3.05) is 13.7 Å². The summed E-state index contributed by atoms with van der Waals surface area (Å²) in [6, 6.07) is 5.11. The molecule has 3 atom stereocenters. The zero-order valence-corrected chi connectivity index (χ0v) is 24.7. The summed E-state index contributed by atoms with van der Waals surface area (Å²) in [5.74, 6) is -0.174. The molecule has 1 unspecified atom stereocenters. The summed E-state index contributed by atoms with van der Waals surface area (Å²) in [4.78, 5) is 55.3. The van der Waals surface area contributed by atoms with Gasteiger partial charge in [0.1, 0.15) is 28.7 Å². The van der Waals surface area contributed by atoms with Crippen molar-refractivity contribution in [2.24, 2.45) is 5.41 Å². The topological polar surface area (TPSA) is 136 Å². The molecule has 214 valence electrons. The number of ether oxygens (including phenoxy) is 2. The van der Waals surface area contributed by atoms with E-state index in [0.717, 1.165) is 10.2 Å². The standard InChI is InChI=1S/C28H36N6O5S/c1-27(2,3)20(30-26(37)33-28(4,5)6)24(35)34-15-16(14-19(34)25(36)38-7)39-22-17-11-13-40-23(17)32-21(31-22)18-10-8-9-12-29-18/h8-13,16,19-20H,14-15H2,1-7H3,(H2,30,33,37)/t16-,19?,20-/m1/s1. The Balaban J connectivity index is 1.61. The van der Waals surface area contributed by atoms with E-state index in [1.54, 1.807) is 6.20 Å². The maximum Gasteiger partial charge on any atom is 0.328 e. The maximum atomic E-state index is 13.9. The number of hydrogen-bond donors (Lipinski definition) is 2. The fourth-order valence-corrected chi connectivity index (χ4v) is 5.25. The molecule has 2 N–H and O–H groups in total. The number of nitrogens with one attached hydrogen (secondary N) is 2. The van der Waals surface area contributed by atoms with Gasteiger partial charge in [-0.05, 0) is 49.8 Å². The number of rotatable bonds is 6. The summed E-state index contributed by atoms with van der Waals surface area (Å²) in [6.07, 6.45) is 1.32. The van der Waals surface area contributed by atoms with Crippen LogP contribution in [0.5, 0.6) is 5.88 Å². The van der Waals surface area contributed by atoms with Crippen LogP contribution < -0.4 is 15.4 Å². The number of amides is 3. The van der Waals surface area contributed by atoms with E-state index in [-0.39, 0.29) is 13.0 Å². The van der Waals surface area contributed by atoms with Crippen molar-refractivity contribution in [3.8, 4) is 17.4 Å². The van der Waals surface area contributed by atoms with Gasteiger partial charge >= 0.3 is 12.0 Å². The van der Waals surface area contributed by atoms with Gasteiger partial charge in [0.25, 0.3) is 0 Å². The first-order chi connectivity index (χ1) is 18.8. The molecule has 4 heterocycles. The SMILES string of the molecule is COC(=O)C1C[C@@H](Oc2nc(-c3ccccn3)nc3sccc23)CN1C(=O)[C@@H](NC(=O)NC(C)(C)C)C(C)(C)C. The van der Waals surface area contributed by atoms with E-state index in [9.17, 15) is 14.4 Å². The van der Waals surface area contributed by atoms with Crippen molar-refractivity contribution in [2.45, 2.75) is 71.7 Å². The number of nitrogens with zero attached hydrogens (tertiary/aromatic N) is 4. The Labute approximate surface area is 237 Å². The molecule has 0 saturated carbocycles. The molecule has 1 aliphatic heterocycles. The molecule has 3 aromatic rings. The van der Waals surface area contributed by atoms with E-state index < -0.39 is 47.0 Å². The first-order valence-electron chi connectivity index (χ1n) is 13.1. The highest BCUT2D eigenvalue weighted by Crippen LogP contribution is 2.33. The number of carbonyl (C=O) groups excluding carboxylic acids is 3. The largest absolute Gasteiger partial charge is 0.472 e. The number of esters is 1. The van der Waals surface area contributed by atoms with Crippen LogP contribution in [0.2, 0.25) is 0 Å². The van der Waals surface area contributed by atoms with E-state index in [1.807, 2.05) is 71.2 Å². The van der Waals surface area contributed by atoms with Gasteiger partial charge in [-0.2, -0.15) is 4.98 Å². The molecule has 0 radical (unpaired) electrons. The molecule has 3 amide bonds. The van der Waals surface area contributed by atoms with Crippen LogP contribution in [0.4, 0.5) is 4.79 Å². The number of likely N-dealkylation sites (tertiary alicyclic amines) is 1. The number of methoxy groups -OCH3 is 1.